The number of carboxylic acids is 1. The molecule has 5 heteroatoms. The number of hydrogen-bond donors (Lipinski definition) is 3. The minimum Gasteiger partial charge on any atom is -0.480 e. The predicted octanol–water partition coefficient (Wildman–Crippen LogP) is 1.98. The quantitative estimate of drug-likeness (QED) is 0.703. The van der Waals surface area contributed by atoms with E-state index in [0.29, 0.717) is 24.8 Å². The zero-order valence-electron chi connectivity index (χ0n) is 11.2. The Bertz CT molecular complexity index is 294. The molecule has 1 aliphatic rings. The van der Waals surface area contributed by atoms with Crippen LogP contribution in [0, 0.1) is 11.8 Å². The SMILES string of the molecule is CC[C@H](NC(=O)NCC1CCCCC1C)C(=O)O. The average Bonchev–Trinajstić information content (AvgIpc) is 2.34. The fourth-order valence-corrected chi connectivity index (χ4v) is 2.47. The van der Waals surface area contributed by atoms with Crippen LogP contribution in [0.25, 0.3) is 0 Å². The molecule has 3 N–H and O–H groups in total. The molecule has 1 fully saturated rings. The van der Waals surface area contributed by atoms with Gasteiger partial charge in [-0.1, -0.05) is 33.1 Å². The molecule has 0 spiro atoms. The maximum absolute atomic E-state index is 11.6. The fourth-order valence-electron chi connectivity index (χ4n) is 2.47. The number of carbonyl (C=O) groups excluding carboxylic acids is 1. The monoisotopic (exact) mass is 256 g/mol. The average molecular weight is 256 g/mol. The normalized spacial score (nSPS) is 25.2. The fraction of sp³-hybridized carbons (Fsp3) is 0.846. The van der Waals surface area contributed by atoms with Crippen LogP contribution in [0.1, 0.15) is 46.0 Å². The van der Waals surface area contributed by atoms with Crippen LogP contribution in [0.5, 0.6) is 0 Å². The van der Waals surface area contributed by atoms with Crippen molar-refractivity contribution in [3.05, 3.63) is 0 Å². The Balaban J connectivity index is 2.29. The highest BCUT2D eigenvalue weighted by Crippen LogP contribution is 2.28. The minimum absolute atomic E-state index is 0.373. The molecule has 5 nitrogen and oxygen atoms in total. The first-order chi connectivity index (χ1) is 8.54. The van der Waals surface area contributed by atoms with E-state index in [1.807, 2.05) is 0 Å². The number of urea groups is 1. The molecule has 0 bridgehead atoms. The standard InChI is InChI=1S/C13H24N2O3/c1-3-11(12(16)17)15-13(18)14-8-10-7-5-4-6-9(10)2/h9-11H,3-8H2,1-2H3,(H,16,17)(H2,14,15,18)/t9?,10?,11-/m0/s1. The van der Waals surface area contributed by atoms with Crippen LogP contribution in [-0.4, -0.2) is 29.7 Å². The van der Waals surface area contributed by atoms with Gasteiger partial charge in [0.25, 0.3) is 0 Å². The third-order valence-electron chi connectivity index (χ3n) is 3.83. The second kappa shape index (κ2) is 7.24. The largest absolute Gasteiger partial charge is 0.480 e. The van der Waals surface area contributed by atoms with Gasteiger partial charge >= 0.3 is 12.0 Å². The lowest BCUT2D eigenvalue weighted by Gasteiger charge is -2.29. The number of carboxylic acid groups (broad SMARTS) is 1. The first-order valence-electron chi connectivity index (χ1n) is 6.81. The van der Waals surface area contributed by atoms with Crippen molar-refractivity contribution < 1.29 is 14.7 Å². The highest BCUT2D eigenvalue weighted by molar-refractivity contribution is 5.82. The van der Waals surface area contributed by atoms with Gasteiger partial charge in [-0.2, -0.15) is 0 Å². The van der Waals surface area contributed by atoms with E-state index in [4.69, 9.17) is 5.11 Å². The molecule has 1 saturated carbocycles. The van der Waals surface area contributed by atoms with Crippen LogP contribution < -0.4 is 10.6 Å². The van der Waals surface area contributed by atoms with Crippen molar-refractivity contribution in [2.75, 3.05) is 6.54 Å². The predicted molar refractivity (Wildman–Crippen MR) is 69.4 cm³/mol. The van der Waals surface area contributed by atoms with Crippen LogP contribution >= 0.6 is 0 Å². The summed E-state index contributed by atoms with van der Waals surface area (Å²) < 4.78 is 0. The van der Waals surface area contributed by atoms with Gasteiger partial charge in [0.05, 0.1) is 0 Å². The van der Waals surface area contributed by atoms with Gasteiger partial charge in [-0.25, -0.2) is 9.59 Å². The van der Waals surface area contributed by atoms with Gasteiger partial charge < -0.3 is 15.7 Å². The zero-order chi connectivity index (χ0) is 13.5. The smallest absolute Gasteiger partial charge is 0.326 e. The van der Waals surface area contributed by atoms with E-state index >= 15 is 0 Å². The minimum atomic E-state index is -0.987. The molecular weight excluding hydrogens is 232 g/mol. The van der Waals surface area contributed by atoms with Crippen molar-refractivity contribution in [1.29, 1.82) is 0 Å². The summed E-state index contributed by atoms with van der Waals surface area (Å²) in [6.07, 6.45) is 5.27. The maximum Gasteiger partial charge on any atom is 0.326 e. The molecule has 1 aliphatic carbocycles. The van der Waals surface area contributed by atoms with E-state index in [-0.39, 0.29) is 6.03 Å². The molecule has 3 atom stereocenters. The number of aliphatic carboxylic acids is 1. The molecule has 0 saturated heterocycles. The van der Waals surface area contributed by atoms with Gasteiger partial charge in [-0.15, -0.1) is 0 Å². The van der Waals surface area contributed by atoms with Crippen LogP contribution in [-0.2, 0) is 4.79 Å². The summed E-state index contributed by atoms with van der Waals surface area (Å²) >= 11 is 0. The Labute approximate surface area is 108 Å². The van der Waals surface area contributed by atoms with Crippen molar-refractivity contribution >= 4 is 12.0 Å². The van der Waals surface area contributed by atoms with Crippen molar-refractivity contribution in [2.24, 2.45) is 11.8 Å². The summed E-state index contributed by atoms with van der Waals surface area (Å²) in [6.45, 7) is 4.60. The van der Waals surface area contributed by atoms with Gasteiger partial charge in [0, 0.05) is 6.54 Å². The number of hydrogen-bond acceptors (Lipinski definition) is 2. The van der Waals surface area contributed by atoms with Crippen molar-refractivity contribution in [1.82, 2.24) is 10.6 Å². The number of nitrogens with one attached hydrogen (secondary N) is 2. The van der Waals surface area contributed by atoms with Crippen molar-refractivity contribution in [3.8, 4) is 0 Å². The van der Waals surface area contributed by atoms with Crippen LogP contribution in [0.2, 0.25) is 0 Å². The maximum atomic E-state index is 11.6. The molecular formula is C13H24N2O3. The highest BCUT2D eigenvalue weighted by Gasteiger charge is 2.22. The van der Waals surface area contributed by atoms with E-state index in [9.17, 15) is 9.59 Å². The molecule has 2 amide bonds. The van der Waals surface area contributed by atoms with Crippen molar-refractivity contribution in [3.63, 3.8) is 0 Å². The molecule has 2 unspecified atom stereocenters. The van der Waals surface area contributed by atoms with Gasteiger partial charge in [-0.05, 0) is 24.7 Å². The third kappa shape index (κ3) is 4.55. The molecule has 104 valence electrons. The van der Waals surface area contributed by atoms with E-state index in [1.165, 1.54) is 19.3 Å². The van der Waals surface area contributed by atoms with E-state index in [2.05, 4.69) is 17.6 Å². The Hall–Kier alpha value is -1.26. The molecule has 18 heavy (non-hydrogen) atoms. The summed E-state index contributed by atoms with van der Waals surface area (Å²) in [5.74, 6) is 0.175. The van der Waals surface area contributed by atoms with Crippen LogP contribution in [0.4, 0.5) is 4.79 Å². The third-order valence-corrected chi connectivity index (χ3v) is 3.83. The van der Waals surface area contributed by atoms with E-state index in [1.54, 1.807) is 6.92 Å². The number of amides is 2. The lowest BCUT2D eigenvalue weighted by atomic mass is 9.80. The Morgan fingerprint density at radius 2 is 2.00 bits per heavy atom. The number of rotatable bonds is 5. The van der Waals surface area contributed by atoms with E-state index in [0.717, 1.165) is 6.42 Å². The van der Waals surface area contributed by atoms with Gasteiger partial charge in [0.15, 0.2) is 0 Å². The first kappa shape index (κ1) is 14.8. The zero-order valence-corrected chi connectivity index (χ0v) is 11.2. The molecule has 0 radical (unpaired) electrons. The second-order valence-electron chi connectivity index (χ2n) is 5.18. The molecule has 0 aliphatic heterocycles. The van der Waals surface area contributed by atoms with Gasteiger partial charge in [0.1, 0.15) is 6.04 Å². The molecule has 0 aromatic rings. The van der Waals surface area contributed by atoms with Crippen LogP contribution in [0.15, 0.2) is 0 Å². The summed E-state index contributed by atoms with van der Waals surface area (Å²) in [6, 6.07) is -1.17. The lowest BCUT2D eigenvalue weighted by Crippen LogP contribution is -2.47. The molecule has 0 heterocycles. The van der Waals surface area contributed by atoms with Crippen molar-refractivity contribution in [2.45, 2.75) is 52.0 Å². The first-order valence-corrected chi connectivity index (χ1v) is 6.81. The highest BCUT2D eigenvalue weighted by atomic mass is 16.4. The van der Waals surface area contributed by atoms with Gasteiger partial charge in [0.2, 0.25) is 0 Å². The molecule has 0 aromatic heterocycles. The summed E-state index contributed by atoms with van der Waals surface area (Å²) in [4.78, 5) is 22.4. The molecule has 0 aromatic carbocycles. The Kier molecular flexibility index (Phi) is 5.95. The topological polar surface area (TPSA) is 78.4 Å². The summed E-state index contributed by atoms with van der Waals surface area (Å²) in [7, 11) is 0. The molecule has 1 rings (SSSR count). The number of carbonyl (C=O) groups is 2. The summed E-state index contributed by atoms with van der Waals surface area (Å²) in [5, 5.41) is 14.1. The van der Waals surface area contributed by atoms with E-state index < -0.39 is 12.0 Å². The lowest BCUT2D eigenvalue weighted by molar-refractivity contribution is -0.139. The van der Waals surface area contributed by atoms with Crippen LogP contribution in [0.3, 0.4) is 0 Å². The Morgan fingerprint density at radius 3 is 2.56 bits per heavy atom. The summed E-state index contributed by atoms with van der Waals surface area (Å²) in [5.41, 5.74) is 0. The Morgan fingerprint density at radius 1 is 1.33 bits per heavy atom. The second-order valence-corrected chi connectivity index (χ2v) is 5.18. The van der Waals surface area contributed by atoms with Gasteiger partial charge in [-0.3, -0.25) is 0 Å².